The SMILES string of the molecule is Cc1ccc(CNc2ncnc(Nc3nc4ccc(C)cc4s3)c2N)cc1. The second-order valence-electron chi connectivity index (χ2n) is 6.44. The van der Waals surface area contributed by atoms with Crippen molar-refractivity contribution >= 4 is 44.0 Å². The molecule has 136 valence electrons. The first-order valence-electron chi connectivity index (χ1n) is 8.62. The van der Waals surface area contributed by atoms with Crippen LogP contribution in [0.3, 0.4) is 0 Å². The van der Waals surface area contributed by atoms with E-state index in [-0.39, 0.29) is 0 Å². The van der Waals surface area contributed by atoms with Gasteiger partial charge in [-0.05, 0) is 37.1 Å². The van der Waals surface area contributed by atoms with Gasteiger partial charge in [-0.2, -0.15) is 0 Å². The Morgan fingerprint density at radius 3 is 2.52 bits per heavy atom. The molecule has 2 aromatic heterocycles. The van der Waals surface area contributed by atoms with E-state index in [1.54, 1.807) is 11.3 Å². The van der Waals surface area contributed by atoms with Gasteiger partial charge in [-0.15, -0.1) is 0 Å². The van der Waals surface area contributed by atoms with Crippen molar-refractivity contribution in [3.63, 3.8) is 0 Å². The molecule has 27 heavy (non-hydrogen) atoms. The van der Waals surface area contributed by atoms with Crippen molar-refractivity contribution in [3.05, 3.63) is 65.5 Å². The molecule has 0 atom stereocenters. The van der Waals surface area contributed by atoms with Crippen LogP contribution in [-0.4, -0.2) is 15.0 Å². The van der Waals surface area contributed by atoms with Gasteiger partial charge in [0.15, 0.2) is 16.8 Å². The number of nitrogens with one attached hydrogen (secondary N) is 2. The van der Waals surface area contributed by atoms with Crippen LogP contribution in [-0.2, 0) is 6.54 Å². The van der Waals surface area contributed by atoms with Gasteiger partial charge in [0.1, 0.15) is 12.0 Å². The van der Waals surface area contributed by atoms with Crippen molar-refractivity contribution in [2.75, 3.05) is 16.4 Å². The number of aromatic nitrogens is 3. The van der Waals surface area contributed by atoms with E-state index >= 15 is 0 Å². The number of nitrogens with zero attached hydrogens (tertiary/aromatic N) is 3. The molecule has 0 aliphatic carbocycles. The minimum atomic E-state index is 0.472. The minimum absolute atomic E-state index is 0.472. The van der Waals surface area contributed by atoms with Crippen molar-refractivity contribution in [1.82, 2.24) is 15.0 Å². The third kappa shape index (κ3) is 3.83. The number of thiazole rings is 1. The predicted octanol–water partition coefficient (Wildman–Crippen LogP) is 4.64. The molecule has 4 rings (SSSR count). The Bertz CT molecular complexity index is 1090. The second-order valence-corrected chi connectivity index (χ2v) is 7.47. The normalized spacial score (nSPS) is 10.9. The van der Waals surface area contributed by atoms with Crippen molar-refractivity contribution in [3.8, 4) is 0 Å². The molecule has 7 heteroatoms. The van der Waals surface area contributed by atoms with Gasteiger partial charge in [0, 0.05) is 6.54 Å². The zero-order valence-corrected chi connectivity index (χ0v) is 16.0. The maximum Gasteiger partial charge on any atom is 0.189 e. The zero-order chi connectivity index (χ0) is 18.8. The fourth-order valence-electron chi connectivity index (χ4n) is 2.71. The second kappa shape index (κ2) is 7.20. The summed E-state index contributed by atoms with van der Waals surface area (Å²) in [5, 5.41) is 7.25. The number of anilines is 4. The van der Waals surface area contributed by atoms with Crippen LogP contribution in [0.25, 0.3) is 10.2 Å². The first-order chi connectivity index (χ1) is 13.1. The molecular formula is C20H20N6S. The summed E-state index contributed by atoms with van der Waals surface area (Å²) in [5.41, 5.74) is 11.3. The fraction of sp³-hybridized carbons (Fsp3) is 0.150. The van der Waals surface area contributed by atoms with Crippen LogP contribution in [0.1, 0.15) is 16.7 Å². The number of rotatable bonds is 5. The van der Waals surface area contributed by atoms with Crippen molar-refractivity contribution in [2.45, 2.75) is 20.4 Å². The summed E-state index contributed by atoms with van der Waals surface area (Å²) in [6, 6.07) is 14.5. The first-order valence-corrected chi connectivity index (χ1v) is 9.44. The molecule has 0 saturated heterocycles. The molecule has 0 fully saturated rings. The smallest absolute Gasteiger partial charge is 0.189 e. The lowest BCUT2D eigenvalue weighted by Gasteiger charge is -2.11. The summed E-state index contributed by atoms with van der Waals surface area (Å²) in [6.07, 6.45) is 1.49. The molecule has 0 bridgehead atoms. The highest BCUT2D eigenvalue weighted by atomic mass is 32.1. The van der Waals surface area contributed by atoms with Gasteiger partial charge in [-0.3, -0.25) is 0 Å². The molecule has 4 aromatic rings. The maximum absolute atomic E-state index is 6.26. The van der Waals surface area contributed by atoms with E-state index in [2.05, 4.69) is 75.8 Å². The number of fused-ring (bicyclic) bond motifs is 1. The summed E-state index contributed by atoms with van der Waals surface area (Å²) in [5.74, 6) is 1.15. The quantitative estimate of drug-likeness (QED) is 0.470. The average Bonchev–Trinajstić information content (AvgIpc) is 3.05. The standard InChI is InChI=1S/C20H20N6S/c1-12-3-6-14(7-4-12)10-22-18-17(21)19(24-11-23-18)26-20-25-15-8-5-13(2)9-16(15)27-20/h3-9,11H,10,21H2,1-2H3,(H2,22,23,24,25,26). The molecule has 0 amide bonds. The lowest BCUT2D eigenvalue weighted by atomic mass is 10.1. The van der Waals surface area contributed by atoms with Crippen LogP contribution < -0.4 is 16.4 Å². The Balaban J connectivity index is 1.52. The highest BCUT2D eigenvalue weighted by Gasteiger charge is 2.11. The topological polar surface area (TPSA) is 88.8 Å². The lowest BCUT2D eigenvalue weighted by Crippen LogP contribution is -2.08. The Morgan fingerprint density at radius 2 is 1.70 bits per heavy atom. The van der Waals surface area contributed by atoms with Crippen LogP contribution in [0.5, 0.6) is 0 Å². The summed E-state index contributed by atoms with van der Waals surface area (Å²) in [6.45, 7) is 4.78. The van der Waals surface area contributed by atoms with E-state index in [0.717, 1.165) is 20.9 Å². The highest BCUT2D eigenvalue weighted by Crippen LogP contribution is 2.31. The molecule has 0 saturated carbocycles. The number of nitrogens with two attached hydrogens (primary N) is 1. The lowest BCUT2D eigenvalue weighted by molar-refractivity contribution is 1.08. The molecule has 0 spiro atoms. The van der Waals surface area contributed by atoms with Gasteiger partial charge in [-0.25, -0.2) is 15.0 Å². The van der Waals surface area contributed by atoms with Crippen LogP contribution >= 0.6 is 11.3 Å². The highest BCUT2D eigenvalue weighted by molar-refractivity contribution is 7.22. The maximum atomic E-state index is 6.26. The molecule has 6 nitrogen and oxygen atoms in total. The summed E-state index contributed by atoms with van der Waals surface area (Å²) < 4.78 is 1.13. The molecular weight excluding hydrogens is 356 g/mol. The number of benzene rings is 2. The van der Waals surface area contributed by atoms with Crippen LogP contribution in [0, 0.1) is 13.8 Å². The zero-order valence-electron chi connectivity index (χ0n) is 15.2. The van der Waals surface area contributed by atoms with Crippen molar-refractivity contribution in [2.24, 2.45) is 0 Å². The third-order valence-corrected chi connectivity index (χ3v) is 5.17. The number of aryl methyl sites for hydroxylation is 2. The molecule has 2 aromatic carbocycles. The molecule has 4 N–H and O–H groups in total. The van der Waals surface area contributed by atoms with Gasteiger partial charge in [0.25, 0.3) is 0 Å². The Labute approximate surface area is 161 Å². The number of hydrogen-bond donors (Lipinski definition) is 3. The van der Waals surface area contributed by atoms with E-state index < -0.39 is 0 Å². The fourth-order valence-corrected chi connectivity index (χ4v) is 3.68. The monoisotopic (exact) mass is 376 g/mol. The van der Waals surface area contributed by atoms with Gasteiger partial charge in [0.2, 0.25) is 0 Å². The number of nitrogen functional groups attached to an aromatic ring is 1. The Hall–Kier alpha value is -3.19. The van der Waals surface area contributed by atoms with Crippen LogP contribution in [0.2, 0.25) is 0 Å². The first kappa shape index (κ1) is 17.2. The summed E-state index contributed by atoms with van der Waals surface area (Å²) in [7, 11) is 0. The van der Waals surface area contributed by atoms with Gasteiger partial charge < -0.3 is 16.4 Å². The van der Waals surface area contributed by atoms with E-state index in [1.165, 1.54) is 17.5 Å². The third-order valence-electron chi connectivity index (χ3n) is 4.23. The average molecular weight is 376 g/mol. The molecule has 0 unspecified atom stereocenters. The van der Waals surface area contributed by atoms with Crippen molar-refractivity contribution < 1.29 is 0 Å². The summed E-state index contributed by atoms with van der Waals surface area (Å²) >= 11 is 1.57. The van der Waals surface area contributed by atoms with Crippen LogP contribution in [0.4, 0.5) is 22.5 Å². The Kier molecular flexibility index (Phi) is 4.60. The Morgan fingerprint density at radius 1 is 0.963 bits per heavy atom. The van der Waals surface area contributed by atoms with Gasteiger partial charge in [0.05, 0.1) is 10.2 Å². The van der Waals surface area contributed by atoms with E-state index in [9.17, 15) is 0 Å². The molecule has 2 heterocycles. The predicted molar refractivity (Wildman–Crippen MR) is 113 cm³/mol. The van der Waals surface area contributed by atoms with E-state index in [1.807, 2.05) is 6.07 Å². The summed E-state index contributed by atoms with van der Waals surface area (Å²) in [4.78, 5) is 13.1. The van der Waals surface area contributed by atoms with E-state index in [0.29, 0.717) is 23.9 Å². The minimum Gasteiger partial charge on any atom is -0.393 e. The van der Waals surface area contributed by atoms with Crippen LogP contribution in [0.15, 0.2) is 48.8 Å². The molecule has 0 aliphatic heterocycles. The van der Waals surface area contributed by atoms with Crippen molar-refractivity contribution in [1.29, 1.82) is 0 Å². The molecule has 0 radical (unpaired) electrons. The van der Waals surface area contributed by atoms with Gasteiger partial charge >= 0.3 is 0 Å². The van der Waals surface area contributed by atoms with E-state index in [4.69, 9.17) is 5.73 Å². The largest absolute Gasteiger partial charge is 0.393 e. The van der Waals surface area contributed by atoms with Gasteiger partial charge in [-0.1, -0.05) is 47.2 Å². The number of hydrogen-bond acceptors (Lipinski definition) is 7. The molecule has 0 aliphatic rings.